The fraction of sp³-hybridized carbons (Fsp3) is 0.571. The van der Waals surface area contributed by atoms with Gasteiger partial charge in [-0.15, -0.1) is 0 Å². The number of nitrogens with zero attached hydrogens (tertiary/aromatic N) is 1. The number of rotatable bonds is 6. The molecule has 3 N–H and O–H groups in total. The molecule has 2 unspecified atom stereocenters. The first-order valence-corrected chi connectivity index (χ1v) is 10.1. The van der Waals surface area contributed by atoms with Crippen LogP contribution in [0, 0.1) is 5.41 Å². The maximum Gasteiger partial charge on any atom is 0.255 e. The zero-order valence-corrected chi connectivity index (χ0v) is 16.3. The van der Waals surface area contributed by atoms with Crippen LogP contribution >= 0.6 is 0 Å². The lowest BCUT2D eigenvalue weighted by Crippen LogP contribution is -2.52. The average molecular weight is 384 g/mol. The third kappa shape index (κ3) is 3.82. The molecule has 0 bridgehead atoms. The first kappa shape index (κ1) is 19.1. The van der Waals surface area contributed by atoms with Crippen LogP contribution in [0.25, 0.3) is 0 Å². The van der Waals surface area contributed by atoms with E-state index in [1.807, 2.05) is 18.2 Å². The largest absolute Gasteiger partial charge is 0.322 e. The van der Waals surface area contributed by atoms with Crippen molar-refractivity contribution in [3.05, 3.63) is 34.9 Å². The monoisotopic (exact) mass is 384 g/mol. The van der Waals surface area contributed by atoms with E-state index in [0.717, 1.165) is 43.7 Å². The highest BCUT2D eigenvalue weighted by Gasteiger charge is 2.39. The molecule has 7 heteroatoms. The van der Waals surface area contributed by atoms with Gasteiger partial charge in [-0.1, -0.05) is 19.1 Å². The van der Waals surface area contributed by atoms with Gasteiger partial charge in [0.2, 0.25) is 11.8 Å². The molecule has 3 aliphatic heterocycles. The van der Waals surface area contributed by atoms with Crippen molar-refractivity contribution >= 4 is 17.7 Å². The fourth-order valence-corrected chi connectivity index (χ4v) is 4.42. The molecule has 1 aromatic rings. The normalized spacial score (nSPS) is 27.2. The number of benzene rings is 1. The van der Waals surface area contributed by atoms with Gasteiger partial charge in [0, 0.05) is 31.6 Å². The summed E-state index contributed by atoms with van der Waals surface area (Å²) in [5.41, 5.74) is 3.08. The van der Waals surface area contributed by atoms with Crippen LogP contribution < -0.4 is 16.0 Å². The van der Waals surface area contributed by atoms with E-state index in [4.69, 9.17) is 0 Å². The molecule has 2 saturated heterocycles. The molecule has 4 rings (SSSR count). The second-order valence-electron chi connectivity index (χ2n) is 8.56. The molecule has 2 fully saturated rings. The number of amides is 3. The van der Waals surface area contributed by atoms with Crippen LogP contribution in [-0.2, 0) is 22.7 Å². The standard InChI is InChI=1S/C21H28N4O3/c1-21(7-9-23-13-21)6-8-22-11-14-2-3-15-12-25(20(28)16(15)10-14)17-4-5-18(26)24-19(17)27/h2-3,10,17,22-23H,4-9,11-13H2,1H3,(H,24,26,27). The van der Waals surface area contributed by atoms with Crippen molar-refractivity contribution in [2.75, 3.05) is 19.6 Å². The number of piperidine rings is 1. The second kappa shape index (κ2) is 7.64. The van der Waals surface area contributed by atoms with Crippen LogP contribution in [0.5, 0.6) is 0 Å². The molecule has 0 aliphatic carbocycles. The zero-order valence-electron chi connectivity index (χ0n) is 16.3. The molecule has 3 aliphatic rings. The molecule has 3 amide bonds. The fourth-order valence-electron chi connectivity index (χ4n) is 4.42. The number of fused-ring (bicyclic) bond motifs is 1. The van der Waals surface area contributed by atoms with Crippen molar-refractivity contribution < 1.29 is 14.4 Å². The Kier molecular flexibility index (Phi) is 5.21. The van der Waals surface area contributed by atoms with Crippen LogP contribution in [0.15, 0.2) is 18.2 Å². The van der Waals surface area contributed by atoms with Gasteiger partial charge in [-0.2, -0.15) is 0 Å². The van der Waals surface area contributed by atoms with Gasteiger partial charge in [-0.25, -0.2) is 0 Å². The molecular weight excluding hydrogens is 356 g/mol. The lowest BCUT2D eigenvalue weighted by atomic mass is 9.86. The Bertz CT molecular complexity index is 801. The second-order valence-corrected chi connectivity index (χ2v) is 8.56. The van der Waals surface area contributed by atoms with Crippen molar-refractivity contribution in [2.24, 2.45) is 5.41 Å². The van der Waals surface area contributed by atoms with Gasteiger partial charge in [0.1, 0.15) is 6.04 Å². The van der Waals surface area contributed by atoms with E-state index >= 15 is 0 Å². The summed E-state index contributed by atoms with van der Waals surface area (Å²) < 4.78 is 0. The summed E-state index contributed by atoms with van der Waals surface area (Å²) in [7, 11) is 0. The van der Waals surface area contributed by atoms with Crippen molar-refractivity contribution in [1.82, 2.24) is 20.9 Å². The van der Waals surface area contributed by atoms with E-state index in [-0.39, 0.29) is 24.1 Å². The first-order valence-electron chi connectivity index (χ1n) is 10.1. The number of hydrogen-bond donors (Lipinski definition) is 3. The summed E-state index contributed by atoms with van der Waals surface area (Å²) in [5, 5.41) is 9.26. The molecule has 0 radical (unpaired) electrons. The van der Waals surface area contributed by atoms with Gasteiger partial charge < -0.3 is 15.5 Å². The van der Waals surface area contributed by atoms with Crippen LogP contribution in [-0.4, -0.2) is 48.3 Å². The average Bonchev–Trinajstić information content (AvgIpc) is 3.23. The van der Waals surface area contributed by atoms with Crippen molar-refractivity contribution in [2.45, 2.75) is 51.7 Å². The minimum absolute atomic E-state index is 0.115. The summed E-state index contributed by atoms with van der Waals surface area (Å²) in [6.45, 7) is 6.62. The minimum atomic E-state index is -0.556. The van der Waals surface area contributed by atoms with Gasteiger partial charge in [0.15, 0.2) is 0 Å². The Morgan fingerprint density at radius 1 is 1.29 bits per heavy atom. The lowest BCUT2D eigenvalue weighted by Gasteiger charge is -2.29. The topological polar surface area (TPSA) is 90.5 Å². The van der Waals surface area contributed by atoms with E-state index < -0.39 is 6.04 Å². The van der Waals surface area contributed by atoms with Gasteiger partial charge in [-0.05, 0) is 55.0 Å². The Hall–Kier alpha value is -2.25. The van der Waals surface area contributed by atoms with Crippen LogP contribution in [0.3, 0.4) is 0 Å². The third-order valence-electron chi connectivity index (χ3n) is 6.28. The summed E-state index contributed by atoms with van der Waals surface area (Å²) in [5.74, 6) is -0.744. The van der Waals surface area contributed by atoms with Gasteiger partial charge >= 0.3 is 0 Å². The van der Waals surface area contributed by atoms with Crippen molar-refractivity contribution in [1.29, 1.82) is 0 Å². The van der Waals surface area contributed by atoms with E-state index in [0.29, 0.717) is 23.9 Å². The molecule has 3 heterocycles. The maximum atomic E-state index is 12.9. The third-order valence-corrected chi connectivity index (χ3v) is 6.28. The predicted molar refractivity (Wildman–Crippen MR) is 104 cm³/mol. The highest BCUT2D eigenvalue weighted by atomic mass is 16.2. The quantitative estimate of drug-likeness (QED) is 0.501. The summed E-state index contributed by atoms with van der Waals surface area (Å²) in [4.78, 5) is 37.9. The van der Waals surface area contributed by atoms with Gasteiger partial charge in [0.05, 0.1) is 0 Å². The Morgan fingerprint density at radius 3 is 2.89 bits per heavy atom. The SMILES string of the molecule is CC1(CCNCc2ccc3c(c2)C(=O)N(C2CCC(=O)NC2=O)C3)CCNC1. The molecule has 1 aromatic carbocycles. The van der Waals surface area contributed by atoms with Gasteiger partial charge in [0.25, 0.3) is 5.91 Å². The molecule has 7 nitrogen and oxygen atoms in total. The van der Waals surface area contributed by atoms with E-state index in [1.54, 1.807) is 4.90 Å². The van der Waals surface area contributed by atoms with E-state index in [1.165, 1.54) is 6.42 Å². The van der Waals surface area contributed by atoms with Crippen LogP contribution in [0.2, 0.25) is 0 Å². The Balaban J connectivity index is 1.35. The molecule has 2 atom stereocenters. The smallest absolute Gasteiger partial charge is 0.255 e. The lowest BCUT2D eigenvalue weighted by molar-refractivity contribution is -0.136. The van der Waals surface area contributed by atoms with E-state index in [9.17, 15) is 14.4 Å². The Morgan fingerprint density at radius 2 is 2.14 bits per heavy atom. The number of carbonyl (C=O) groups is 3. The summed E-state index contributed by atoms with van der Waals surface area (Å²) in [6, 6.07) is 5.42. The van der Waals surface area contributed by atoms with Crippen molar-refractivity contribution in [3.63, 3.8) is 0 Å². The highest BCUT2D eigenvalue weighted by Crippen LogP contribution is 2.29. The molecular formula is C21H28N4O3. The zero-order chi connectivity index (χ0) is 19.7. The molecule has 0 spiro atoms. The number of hydrogen-bond acceptors (Lipinski definition) is 5. The number of nitrogens with one attached hydrogen (secondary N) is 3. The maximum absolute atomic E-state index is 12.9. The summed E-state index contributed by atoms with van der Waals surface area (Å²) >= 11 is 0. The van der Waals surface area contributed by atoms with Crippen LogP contribution in [0.4, 0.5) is 0 Å². The van der Waals surface area contributed by atoms with E-state index in [2.05, 4.69) is 22.9 Å². The molecule has 150 valence electrons. The molecule has 0 aromatic heterocycles. The van der Waals surface area contributed by atoms with Crippen LogP contribution in [0.1, 0.15) is 54.1 Å². The predicted octanol–water partition coefficient (Wildman–Crippen LogP) is 0.927. The van der Waals surface area contributed by atoms with Crippen molar-refractivity contribution in [3.8, 4) is 0 Å². The Labute approximate surface area is 165 Å². The van der Waals surface area contributed by atoms with Gasteiger partial charge in [-0.3, -0.25) is 19.7 Å². The molecule has 28 heavy (non-hydrogen) atoms. The minimum Gasteiger partial charge on any atom is -0.322 e. The molecule has 0 saturated carbocycles. The highest BCUT2D eigenvalue weighted by molar-refractivity contribution is 6.05. The first-order chi connectivity index (χ1) is 13.5. The summed E-state index contributed by atoms with van der Waals surface area (Å²) in [6.07, 6.45) is 3.03. The number of carbonyl (C=O) groups excluding carboxylic acids is 3. The number of imide groups is 1.